The highest BCUT2D eigenvalue weighted by Gasteiger charge is 2.35. The van der Waals surface area contributed by atoms with Crippen LogP contribution in [0.2, 0.25) is 0 Å². The lowest BCUT2D eigenvalue weighted by molar-refractivity contribution is 0.168. The van der Waals surface area contributed by atoms with Crippen molar-refractivity contribution in [3.63, 3.8) is 0 Å². The quantitative estimate of drug-likeness (QED) is 0.782. The van der Waals surface area contributed by atoms with E-state index in [4.69, 9.17) is 0 Å². The lowest BCUT2D eigenvalue weighted by atomic mass is 9.66. The molecule has 3 nitrogen and oxygen atoms in total. The molecule has 0 aliphatic heterocycles. The molecule has 2 fully saturated rings. The van der Waals surface area contributed by atoms with E-state index in [9.17, 15) is 13.0 Å². The maximum absolute atomic E-state index is 11.8. The molecule has 2 unspecified atom stereocenters. The minimum absolute atomic E-state index is 0.135. The predicted molar refractivity (Wildman–Crippen MR) is 92.3 cm³/mol. The highest BCUT2D eigenvalue weighted by molar-refractivity contribution is 7.85. The van der Waals surface area contributed by atoms with Gasteiger partial charge < -0.3 is 0 Å². The van der Waals surface area contributed by atoms with Crippen molar-refractivity contribution in [2.24, 2.45) is 11.8 Å². The first-order valence-corrected chi connectivity index (χ1v) is 10.5. The van der Waals surface area contributed by atoms with Crippen LogP contribution in [0.4, 0.5) is 0 Å². The summed E-state index contributed by atoms with van der Waals surface area (Å²) in [6.45, 7) is 2.00. The van der Waals surface area contributed by atoms with Crippen molar-refractivity contribution < 1.29 is 13.0 Å². The van der Waals surface area contributed by atoms with E-state index in [1.165, 1.54) is 44.9 Å². The summed E-state index contributed by atoms with van der Waals surface area (Å²) in [6, 6.07) is 5.37. The van der Waals surface area contributed by atoms with E-state index in [0.29, 0.717) is 5.92 Å². The molecule has 1 N–H and O–H groups in total. The SMILES string of the molecule is Cc1ccc(S(=O)(=O)O)c(C2CCCCC2C2CCCCC2)c1. The molecule has 2 atom stereocenters. The minimum Gasteiger partial charge on any atom is -0.282 e. The van der Waals surface area contributed by atoms with Crippen LogP contribution in [0.3, 0.4) is 0 Å². The third kappa shape index (κ3) is 3.80. The third-order valence-electron chi connectivity index (χ3n) is 5.92. The Labute approximate surface area is 140 Å². The van der Waals surface area contributed by atoms with Crippen molar-refractivity contribution in [1.29, 1.82) is 0 Å². The number of aryl methyl sites for hydroxylation is 1. The van der Waals surface area contributed by atoms with Gasteiger partial charge >= 0.3 is 0 Å². The molecule has 2 aliphatic carbocycles. The van der Waals surface area contributed by atoms with Crippen LogP contribution in [-0.4, -0.2) is 13.0 Å². The van der Waals surface area contributed by atoms with Gasteiger partial charge in [0.05, 0.1) is 4.90 Å². The van der Waals surface area contributed by atoms with E-state index >= 15 is 0 Å². The molecule has 0 bridgehead atoms. The first kappa shape index (κ1) is 17.0. The van der Waals surface area contributed by atoms with Gasteiger partial charge in [0.1, 0.15) is 0 Å². The molecule has 23 heavy (non-hydrogen) atoms. The molecule has 2 aliphatic rings. The molecule has 0 saturated heterocycles. The van der Waals surface area contributed by atoms with E-state index in [2.05, 4.69) is 0 Å². The van der Waals surface area contributed by atoms with E-state index < -0.39 is 10.1 Å². The Morgan fingerprint density at radius 1 is 0.957 bits per heavy atom. The van der Waals surface area contributed by atoms with E-state index in [1.807, 2.05) is 13.0 Å². The van der Waals surface area contributed by atoms with Gasteiger partial charge in [0.2, 0.25) is 0 Å². The molecule has 4 heteroatoms. The van der Waals surface area contributed by atoms with Gasteiger partial charge in [-0.3, -0.25) is 4.55 Å². The summed E-state index contributed by atoms with van der Waals surface area (Å²) >= 11 is 0. The Morgan fingerprint density at radius 2 is 1.61 bits per heavy atom. The zero-order valence-corrected chi connectivity index (χ0v) is 14.8. The first-order chi connectivity index (χ1) is 11.0. The van der Waals surface area contributed by atoms with Gasteiger partial charge in [-0.1, -0.05) is 62.6 Å². The molecule has 3 rings (SSSR count). The Bertz CT molecular complexity index is 645. The van der Waals surface area contributed by atoms with Crippen LogP contribution in [0.25, 0.3) is 0 Å². The number of rotatable bonds is 3. The molecule has 2 saturated carbocycles. The average Bonchev–Trinajstić information content (AvgIpc) is 2.54. The topological polar surface area (TPSA) is 54.4 Å². The molecular weight excluding hydrogens is 308 g/mol. The summed E-state index contributed by atoms with van der Waals surface area (Å²) in [4.78, 5) is 0.135. The van der Waals surface area contributed by atoms with E-state index in [-0.39, 0.29) is 10.8 Å². The van der Waals surface area contributed by atoms with Gasteiger partial charge in [0.25, 0.3) is 10.1 Å². The van der Waals surface area contributed by atoms with Crippen molar-refractivity contribution >= 4 is 10.1 Å². The highest BCUT2D eigenvalue weighted by Crippen LogP contribution is 2.47. The zero-order chi connectivity index (χ0) is 16.4. The second-order valence-electron chi connectivity index (χ2n) is 7.47. The standard InChI is InChI=1S/C19H28O3S/c1-14-11-12-19(23(20,21)22)18(13-14)17-10-6-5-9-16(17)15-7-3-2-4-8-15/h11-13,15-17H,2-10H2,1H3,(H,20,21,22). The van der Waals surface area contributed by atoms with Gasteiger partial charge in [-0.25, -0.2) is 0 Å². The molecule has 0 aromatic heterocycles. The van der Waals surface area contributed by atoms with Crippen molar-refractivity contribution in [3.8, 4) is 0 Å². The summed E-state index contributed by atoms with van der Waals surface area (Å²) < 4.78 is 33.4. The van der Waals surface area contributed by atoms with Crippen molar-refractivity contribution in [1.82, 2.24) is 0 Å². The lowest BCUT2D eigenvalue weighted by Gasteiger charge is -2.40. The monoisotopic (exact) mass is 336 g/mol. The maximum Gasteiger partial charge on any atom is 0.294 e. The molecule has 1 aromatic carbocycles. The van der Waals surface area contributed by atoms with Gasteiger partial charge in [0.15, 0.2) is 0 Å². The van der Waals surface area contributed by atoms with Crippen LogP contribution >= 0.6 is 0 Å². The second kappa shape index (κ2) is 6.94. The van der Waals surface area contributed by atoms with E-state index in [1.54, 1.807) is 12.1 Å². The Hall–Kier alpha value is -0.870. The lowest BCUT2D eigenvalue weighted by Crippen LogP contribution is -2.28. The Morgan fingerprint density at radius 3 is 2.30 bits per heavy atom. The number of hydrogen-bond donors (Lipinski definition) is 1. The molecule has 0 heterocycles. The fourth-order valence-corrected chi connectivity index (χ4v) is 5.61. The third-order valence-corrected chi connectivity index (χ3v) is 6.85. The van der Waals surface area contributed by atoms with E-state index in [0.717, 1.165) is 29.9 Å². The molecule has 0 amide bonds. The second-order valence-corrected chi connectivity index (χ2v) is 8.86. The van der Waals surface area contributed by atoms with Crippen molar-refractivity contribution in [3.05, 3.63) is 29.3 Å². The summed E-state index contributed by atoms with van der Waals surface area (Å²) in [5.74, 6) is 1.58. The van der Waals surface area contributed by atoms with Crippen LogP contribution in [0.15, 0.2) is 23.1 Å². The maximum atomic E-state index is 11.8. The largest absolute Gasteiger partial charge is 0.294 e. The van der Waals surface area contributed by atoms with Gasteiger partial charge in [0, 0.05) is 0 Å². The molecule has 128 valence electrons. The molecule has 1 aromatic rings. The van der Waals surface area contributed by atoms with Crippen molar-refractivity contribution in [2.75, 3.05) is 0 Å². The van der Waals surface area contributed by atoms with Crippen molar-refractivity contribution in [2.45, 2.75) is 75.5 Å². The minimum atomic E-state index is -4.15. The summed E-state index contributed by atoms with van der Waals surface area (Å²) in [6.07, 6.45) is 11.2. The van der Waals surface area contributed by atoms with Gasteiger partial charge in [-0.15, -0.1) is 0 Å². The summed E-state index contributed by atoms with van der Waals surface area (Å²) in [5.41, 5.74) is 1.93. The molecular formula is C19H28O3S. The number of hydrogen-bond acceptors (Lipinski definition) is 2. The van der Waals surface area contributed by atoms with Crippen LogP contribution in [0, 0.1) is 18.8 Å². The smallest absolute Gasteiger partial charge is 0.282 e. The van der Waals surface area contributed by atoms with Crippen LogP contribution in [0.1, 0.15) is 74.8 Å². The first-order valence-electron chi connectivity index (χ1n) is 9.05. The zero-order valence-electron chi connectivity index (χ0n) is 14.0. The predicted octanol–water partition coefficient (Wildman–Crippen LogP) is 5.10. The Balaban J connectivity index is 1.98. The fraction of sp³-hybridized carbons (Fsp3) is 0.684. The van der Waals surface area contributed by atoms with Gasteiger partial charge in [-0.2, -0.15) is 8.42 Å². The van der Waals surface area contributed by atoms with Crippen LogP contribution in [-0.2, 0) is 10.1 Å². The average molecular weight is 336 g/mol. The van der Waals surface area contributed by atoms with Crippen LogP contribution in [0.5, 0.6) is 0 Å². The normalized spacial score (nSPS) is 27.0. The van der Waals surface area contributed by atoms with Crippen LogP contribution < -0.4 is 0 Å². The fourth-order valence-electron chi connectivity index (χ4n) is 4.86. The number of benzene rings is 1. The summed E-state index contributed by atoms with van der Waals surface area (Å²) in [7, 11) is -4.15. The summed E-state index contributed by atoms with van der Waals surface area (Å²) in [5, 5.41) is 0. The van der Waals surface area contributed by atoms with Gasteiger partial charge in [-0.05, 0) is 49.1 Å². The Kier molecular flexibility index (Phi) is 5.12. The molecule has 0 spiro atoms. The highest BCUT2D eigenvalue weighted by atomic mass is 32.2. The molecule has 0 radical (unpaired) electrons.